The van der Waals surface area contributed by atoms with Crippen LogP contribution in [0.2, 0.25) is 0 Å². The lowest BCUT2D eigenvalue weighted by Gasteiger charge is -2.31. The summed E-state index contributed by atoms with van der Waals surface area (Å²) >= 11 is 0. The molecule has 0 aliphatic heterocycles. The van der Waals surface area contributed by atoms with Crippen LogP contribution in [0.5, 0.6) is 0 Å². The molecule has 0 fully saturated rings. The molecular formula is C9H20O2. The number of hydrogen-bond acceptors (Lipinski definition) is 2. The first-order valence-corrected chi connectivity index (χ1v) is 4.15. The van der Waals surface area contributed by atoms with Crippen molar-refractivity contribution in [1.29, 1.82) is 0 Å². The Morgan fingerprint density at radius 3 is 1.91 bits per heavy atom. The fourth-order valence-electron chi connectivity index (χ4n) is 1.31. The molecule has 1 N–H and O–H groups in total. The molecule has 2 nitrogen and oxygen atoms in total. The van der Waals surface area contributed by atoms with E-state index in [1.54, 1.807) is 0 Å². The summed E-state index contributed by atoms with van der Waals surface area (Å²) in [5.41, 5.74) is -0.175. The van der Waals surface area contributed by atoms with Crippen LogP contribution < -0.4 is 0 Å². The minimum Gasteiger partial charge on any atom is -0.251 e. The first-order chi connectivity index (χ1) is 4.83. The van der Waals surface area contributed by atoms with E-state index >= 15 is 0 Å². The maximum Gasteiger partial charge on any atom is 0.0982 e. The Hall–Kier alpha value is -0.0800. The Labute approximate surface area is 69.5 Å². The Morgan fingerprint density at radius 1 is 1.18 bits per heavy atom. The monoisotopic (exact) mass is 160 g/mol. The Kier molecular flexibility index (Phi) is 3.52. The topological polar surface area (TPSA) is 29.5 Å². The van der Waals surface area contributed by atoms with Gasteiger partial charge in [0.2, 0.25) is 0 Å². The molecule has 0 unspecified atom stereocenters. The molecule has 0 saturated heterocycles. The largest absolute Gasteiger partial charge is 0.251 e. The highest BCUT2D eigenvalue weighted by Crippen LogP contribution is 2.32. The van der Waals surface area contributed by atoms with Crippen LogP contribution in [0.4, 0.5) is 0 Å². The van der Waals surface area contributed by atoms with Crippen molar-refractivity contribution in [2.24, 2.45) is 5.41 Å². The van der Waals surface area contributed by atoms with E-state index in [2.05, 4.69) is 25.7 Å². The molecule has 2 heteroatoms. The summed E-state index contributed by atoms with van der Waals surface area (Å²) in [5, 5.41) is 8.55. The summed E-state index contributed by atoms with van der Waals surface area (Å²) in [6, 6.07) is 0. The smallest absolute Gasteiger partial charge is 0.0982 e. The molecule has 0 bridgehead atoms. The van der Waals surface area contributed by atoms with Crippen LogP contribution in [0.3, 0.4) is 0 Å². The van der Waals surface area contributed by atoms with Crippen LogP contribution in [-0.2, 0) is 4.89 Å². The lowest BCUT2D eigenvalue weighted by molar-refractivity contribution is -0.319. The zero-order valence-corrected chi connectivity index (χ0v) is 8.27. The fourth-order valence-corrected chi connectivity index (χ4v) is 1.31. The van der Waals surface area contributed by atoms with Gasteiger partial charge in [-0.15, -0.1) is 0 Å². The molecule has 0 amide bonds. The van der Waals surface area contributed by atoms with E-state index in [-0.39, 0.29) is 5.41 Å². The molecular weight excluding hydrogens is 140 g/mol. The summed E-state index contributed by atoms with van der Waals surface area (Å²) < 4.78 is 0. The molecule has 0 aromatic carbocycles. The predicted molar refractivity (Wildman–Crippen MR) is 46.5 cm³/mol. The van der Waals surface area contributed by atoms with Crippen molar-refractivity contribution in [3.63, 3.8) is 0 Å². The van der Waals surface area contributed by atoms with Gasteiger partial charge in [0, 0.05) is 0 Å². The molecule has 0 rings (SSSR count). The molecule has 0 aromatic rings. The van der Waals surface area contributed by atoms with E-state index < -0.39 is 5.60 Å². The Balaban J connectivity index is 4.02. The number of hydrogen-bond donors (Lipinski definition) is 1. The van der Waals surface area contributed by atoms with Crippen LogP contribution in [0, 0.1) is 5.41 Å². The Bertz CT molecular complexity index is 103. The molecule has 0 atom stereocenters. The highest BCUT2D eigenvalue weighted by molar-refractivity contribution is 4.77. The van der Waals surface area contributed by atoms with Gasteiger partial charge in [0.05, 0.1) is 5.60 Å². The van der Waals surface area contributed by atoms with Crippen molar-refractivity contribution in [3.05, 3.63) is 0 Å². The van der Waals surface area contributed by atoms with Gasteiger partial charge in [0.1, 0.15) is 0 Å². The normalized spacial score (nSPS) is 13.6. The van der Waals surface area contributed by atoms with Gasteiger partial charge in [-0.2, -0.15) is 0 Å². The molecule has 11 heavy (non-hydrogen) atoms. The van der Waals surface area contributed by atoms with Crippen LogP contribution >= 0.6 is 0 Å². The fraction of sp³-hybridized carbons (Fsp3) is 1.00. The summed E-state index contributed by atoms with van der Waals surface area (Å²) in [7, 11) is 0. The van der Waals surface area contributed by atoms with E-state index in [9.17, 15) is 0 Å². The zero-order valence-electron chi connectivity index (χ0n) is 8.27. The van der Waals surface area contributed by atoms with Gasteiger partial charge in [0.15, 0.2) is 0 Å². The van der Waals surface area contributed by atoms with E-state index in [1.165, 1.54) is 0 Å². The van der Waals surface area contributed by atoms with E-state index in [0.29, 0.717) is 0 Å². The van der Waals surface area contributed by atoms with Gasteiger partial charge >= 0.3 is 0 Å². The molecule has 0 aliphatic carbocycles. The highest BCUT2D eigenvalue weighted by atomic mass is 17.1. The zero-order chi connectivity index (χ0) is 9.12. The van der Waals surface area contributed by atoms with Crippen molar-refractivity contribution >= 4 is 0 Å². The quantitative estimate of drug-likeness (QED) is 0.506. The second kappa shape index (κ2) is 3.55. The van der Waals surface area contributed by atoms with Gasteiger partial charge < -0.3 is 0 Å². The van der Waals surface area contributed by atoms with E-state index in [0.717, 1.165) is 12.8 Å². The predicted octanol–water partition coefficient (Wildman–Crippen LogP) is 3.08. The third-order valence-corrected chi connectivity index (χ3v) is 2.11. The van der Waals surface area contributed by atoms with Crippen LogP contribution in [0.15, 0.2) is 0 Å². The van der Waals surface area contributed by atoms with Gasteiger partial charge in [-0.05, 0) is 25.7 Å². The number of rotatable bonds is 4. The summed E-state index contributed by atoms with van der Waals surface area (Å²) in [5.74, 6) is 0. The average Bonchev–Trinajstić information content (AvgIpc) is 1.86. The average molecular weight is 160 g/mol. The third kappa shape index (κ3) is 4.38. The van der Waals surface area contributed by atoms with Gasteiger partial charge in [0.25, 0.3) is 0 Å². The minimum absolute atomic E-state index is 0.242. The lowest BCUT2D eigenvalue weighted by atomic mass is 9.80. The van der Waals surface area contributed by atoms with Crippen LogP contribution in [-0.4, -0.2) is 10.9 Å². The van der Waals surface area contributed by atoms with Crippen molar-refractivity contribution in [2.75, 3.05) is 0 Å². The van der Waals surface area contributed by atoms with Gasteiger partial charge in [-0.1, -0.05) is 27.2 Å². The lowest BCUT2D eigenvalue weighted by Crippen LogP contribution is -2.30. The molecule has 0 heterocycles. The van der Waals surface area contributed by atoms with Crippen molar-refractivity contribution in [1.82, 2.24) is 0 Å². The SMILES string of the molecule is CCC(C)(C)CC(C)(C)OO. The molecule has 0 saturated carbocycles. The van der Waals surface area contributed by atoms with E-state index in [4.69, 9.17) is 5.26 Å². The van der Waals surface area contributed by atoms with Gasteiger partial charge in [-0.3, -0.25) is 5.26 Å². The third-order valence-electron chi connectivity index (χ3n) is 2.11. The van der Waals surface area contributed by atoms with Gasteiger partial charge in [-0.25, -0.2) is 4.89 Å². The summed E-state index contributed by atoms with van der Waals surface area (Å²) in [6.45, 7) is 10.3. The Morgan fingerprint density at radius 2 is 1.64 bits per heavy atom. The first-order valence-electron chi connectivity index (χ1n) is 4.15. The maximum atomic E-state index is 8.55. The molecule has 0 aromatic heterocycles. The standard InChI is InChI=1S/C9H20O2/c1-6-8(2,3)7-9(4,5)11-10/h10H,6-7H2,1-5H3. The van der Waals surface area contributed by atoms with Crippen LogP contribution in [0.1, 0.15) is 47.5 Å². The highest BCUT2D eigenvalue weighted by Gasteiger charge is 2.28. The first kappa shape index (κ1) is 10.9. The molecule has 68 valence electrons. The second-order valence-electron chi connectivity index (χ2n) is 4.55. The van der Waals surface area contributed by atoms with Crippen molar-refractivity contribution < 1.29 is 10.1 Å². The maximum absolute atomic E-state index is 8.55. The van der Waals surface area contributed by atoms with E-state index in [1.807, 2.05) is 13.8 Å². The second-order valence-corrected chi connectivity index (χ2v) is 4.55. The molecule has 0 radical (unpaired) electrons. The molecule has 0 aliphatic rings. The summed E-state index contributed by atoms with van der Waals surface area (Å²) in [6.07, 6.45) is 1.97. The minimum atomic E-state index is -0.417. The summed E-state index contributed by atoms with van der Waals surface area (Å²) in [4.78, 5) is 4.38. The van der Waals surface area contributed by atoms with Crippen LogP contribution in [0.25, 0.3) is 0 Å². The van der Waals surface area contributed by atoms with Crippen molar-refractivity contribution in [3.8, 4) is 0 Å². The molecule has 0 spiro atoms. The van der Waals surface area contributed by atoms with Crippen molar-refractivity contribution in [2.45, 2.75) is 53.1 Å².